The Labute approximate surface area is 86.4 Å². The summed E-state index contributed by atoms with van der Waals surface area (Å²) < 4.78 is 5.01. The minimum absolute atomic E-state index is 0.372. The number of methoxy groups -OCH3 is 1. The summed E-state index contributed by atoms with van der Waals surface area (Å²) in [7, 11) is 3.53. The van der Waals surface area contributed by atoms with Crippen LogP contribution in [0, 0.1) is 0 Å². The maximum atomic E-state index is 5.01. The van der Waals surface area contributed by atoms with Crippen molar-refractivity contribution in [3.63, 3.8) is 0 Å². The molecule has 82 valence electrons. The highest BCUT2D eigenvalue weighted by atomic mass is 16.5. The molecule has 0 aromatic heterocycles. The van der Waals surface area contributed by atoms with Crippen molar-refractivity contribution in [2.24, 2.45) is 4.99 Å². The largest absolute Gasteiger partial charge is 0.383 e. The Balaban J connectivity index is 3.66. The number of hydrogen-bond acceptors (Lipinski definition) is 3. The first-order valence-corrected chi connectivity index (χ1v) is 4.77. The molecule has 0 aromatic rings. The third-order valence-corrected chi connectivity index (χ3v) is 1.64. The van der Waals surface area contributed by atoms with Crippen molar-refractivity contribution < 1.29 is 4.74 Å². The van der Waals surface area contributed by atoms with Gasteiger partial charge in [0.05, 0.1) is 12.9 Å². The predicted molar refractivity (Wildman–Crippen MR) is 60.6 cm³/mol. The Kier molecular flexibility index (Phi) is 8.17. The van der Waals surface area contributed by atoms with Crippen molar-refractivity contribution in [2.45, 2.75) is 19.9 Å². The normalized spacial score (nSPS) is 14.7. The SMILES string of the molecule is CN/C=N\C=C(\C)CN[C@H](C)COC. The van der Waals surface area contributed by atoms with Crippen molar-refractivity contribution in [3.8, 4) is 0 Å². The average Bonchev–Trinajstić information content (AvgIpc) is 2.16. The van der Waals surface area contributed by atoms with Crippen molar-refractivity contribution in [1.29, 1.82) is 0 Å². The van der Waals surface area contributed by atoms with E-state index in [0.717, 1.165) is 13.2 Å². The number of aliphatic imine (C=N–C) groups is 1. The summed E-state index contributed by atoms with van der Waals surface area (Å²) in [6.07, 6.45) is 3.49. The van der Waals surface area contributed by atoms with Crippen LogP contribution in [0.2, 0.25) is 0 Å². The summed E-state index contributed by atoms with van der Waals surface area (Å²) in [4.78, 5) is 4.04. The number of hydrogen-bond donors (Lipinski definition) is 2. The summed E-state index contributed by atoms with van der Waals surface area (Å²) in [6, 6.07) is 0.372. The van der Waals surface area contributed by atoms with Gasteiger partial charge in [-0.3, -0.25) is 0 Å². The zero-order valence-electron chi connectivity index (χ0n) is 9.50. The third-order valence-electron chi connectivity index (χ3n) is 1.64. The van der Waals surface area contributed by atoms with Crippen LogP contribution in [0.25, 0.3) is 0 Å². The van der Waals surface area contributed by atoms with Crippen LogP contribution in [0.1, 0.15) is 13.8 Å². The third kappa shape index (κ3) is 7.76. The molecule has 0 saturated heterocycles. The van der Waals surface area contributed by atoms with Gasteiger partial charge in [0.15, 0.2) is 0 Å². The van der Waals surface area contributed by atoms with Crippen LogP contribution in [-0.4, -0.2) is 39.7 Å². The van der Waals surface area contributed by atoms with Crippen LogP contribution in [-0.2, 0) is 4.74 Å². The Hall–Kier alpha value is -0.870. The molecule has 0 aliphatic heterocycles. The first-order valence-electron chi connectivity index (χ1n) is 4.77. The van der Waals surface area contributed by atoms with E-state index >= 15 is 0 Å². The van der Waals surface area contributed by atoms with E-state index in [9.17, 15) is 0 Å². The molecule has 0 fully saturated rings. The molecule has 0 radical (unpaired) electrons. The van der Waals surface area contributed by atoms with E-state index < -0.39 is 0 Å². The van der Waals surface area contributed by atoms with Crippen LogP contribution in [0.4, 0.5) is 0 Å². The Morgan fingerprint density at radius 2 is 2.29 bits per heavy atom. The van der Waals surface area contributed by atoms with E-state index in [2.05, 4.69) is 22.5 Å². The summed E-state index contributed by atoms with van der Waals surface area (Å²) in [5, 5.41) is 6.15. The van der Waals surface area contributed by atoms with Crippen LogP contribution in [0.3, 0.4) is 0 Å². The lowest BCUT2D eigenvalue weighted by atomic mass is 10.3. The van der Waals surface area contributed by atoms with Gasteiger partial charge in [-0.25, -0.2) is 4.99 Å². The lowest BCUT2D eigenvalue weighted by Crippen LogP contribution is -2.31. The summed E-state index contributed by atoms with van der Waals surface area (Å²) in [5.74, 6) is 0. The monoisotopic (exact) mass is 199 g/mol. The Morgan fingerprint density at radius 1 is 1.57 bits per heavy atom. The van der Waals surface area contributed by atoms with E-state index in [1.807, 2.05) is 20.2 Å². The highest BCUT2D eigenvalue weighted by Gasteiger charge is 1.98. The predicted octanol–water partition coefficient (Wildman–Crippen LogP) is 0.762. The second-order valence-electron chi connectivity index (χ2n) is 3.28. The van der Waals surface area contributed by atoms with Gasteiger partial charge in [-0.1, -0.05) is 0 Å². The van der Waals surface area contributed by atoms with Crippen LogP contribution in [0.5, 0.6) is 0 Å². The number of rotatable bonds is 7. The van der Waals surface area contributed by atoms with Gasteiger partial charge >= 0.3 is 0 Å². The summed E-state index contributed by atoms with van der Waals surface area (Å²) >= 11 is 0. The fourth-order valence-corrected chi connectivity index (χ4v) is 0.929. The highest BCUT2D eigenvalue weighted by Crippen LogP contribution is 1.91. The van der Waals surface area contributed by atoms with Crippen molar-refractivity contribution in [2.75, 3.05) is 27.3 Å². The van der Waals surface area contributed by atoms with Gasteiger partial charge in [-0.15, -0.1) is 0 Å². The molecular weight excluding hydrogens is 178 g/mol. The van der Waals surface area contributed by atoms with Crippen LogP contribution < -0.4 is 10.6 Å². The Morgan fingerprint density at radius 3 is 2.86 bits per heavy atom. The van der Waals surface area contributed by atoms with Gasteiger partial charge in [0, 0.05) is 32.9 Å². The first kappa shape index (κ1) is 13.1. The maximum absolute atomic E-state index is 5.01. The molecule has 0 rings (SSSR count). The van der Waals surface area contributed by atoms with E-state index in [1.54, 1.807) is 13.4 Å². The fraction of sp³-hybridized carbons (Fsp3) is 0.700. The molecule has 0 heterocycles. The van der Waals surface area contributed by atoms with Gasteiger partial charge in [-0.2, -0.15) is 0 Å². The number of nitrogens with zero attached hydrogens (tertiary/aromatic N) is 1. The molecule has 0 amide bonds. The topological polar surface area (TPSA) is 45.7 Å². The first-order chi connectivity index (χ1) is 6.70. The van der Waals surface area contributed by atoms with Crippen LogP contribution in [0.15, 0.2) is 16.8 Å². The zero-order chi connectivity index (χ0) is 10.8. The van der Waals surface area contributed by atoms with Crippen LogP contribution >= 0.6 is 0 Å². The second kappa shape index (κ2) is 8.72. The average molecular weight is 199 g/mol. The standard InChI is InChI=1S/C10H21N3O/c1-9(5-12-8-11-3)6-13-10(2)7-14-4/h5,8,10,13H,6-7H2,1-4H3,(H,11,12)/b9-5-/t10-/m1/s1. The van der Waals surface area contributed by atoms with Crippen molar-refractivity contribution in [3.05, 3.63) is 11.8 Å². The highest BCUT2D eigenvalue weighted by molar-refractivity contribution is 5.54. The molecule has 0 aliphatic carbocycles. The summed E-state index contributed by atoms with van der Waals surface area (Å²) in [6.45, 7) is 5.70. The minimum atomic E-state index is 0.372. The van der Waals surface area contributed by atoms with E-state index in [-0.39, 0.29) is 0 Å². The Bertz CT molecular complexity index is 190. The molecular formula is C10H21N3O. The molecule has 0 spiro atoms. The molecule has 0 bridgehead atoms. The van der Waals surface area contributed by atoms with Crippen molar-refractivity contribution in [1.82, 2.24) is 10.6 Å². The molecule has 1 atom stereocenters. The molecule has 0 unspecified atom stereocenters. The van der Waals surface area contributed by atoms with Crippen molar-refractivity contribution >= 4 is 6.34 Å². The van der Waals surface area contributed by atoms with E-state index in [4.69, 9.17) is 4.74 Å². The lowest BCUT2D eigenvalue weighted by Gasteiger charge is -2.12. The zero-order valence-corrected chi connectivity index (χ0v) is 9.50. The van der Waals surface area contributed by atoms with Gasteiger partial charge < -0.3 is 15.4 Å². The fourth-order valence-electron chi connectivity index (χ4n) is 0.929. The molecule has 0 aliphatic rings. The lowest BCUT2D eigenvalue weighted by molar-refractivity contribution is 0.173. The summed E-state index contributed by atoms with van der Waals surface area (Å²) in [5.41, 5.74) is 1.19. The molecule has 2 N–H and O–H groups in total. The van der Waals surface area contributed by atoms with Gasteiger partial charge in [0.1, 0.15) is 0 Å². The number of nitrogens with one attached hydrogen (secondary N) is 2. The van der Waals surface area contributed by atoms with Gasteiger partial charge in [0.25, 0.3) is 0 Å². The molecule has 4 heteroatoms. The molecule has 14 heavy (non-hydrogen) atoms. The molecule has 0 aromatic carbocycles. The second-order valence-corrected chi connectivity index (χ2v) is 3.28. The minimum Gasteiger partial charge on any atom is -0.383 e. The molecule has 0 saturated carbocycles. The molecule has 4 nitrogen and oxygen atoms in total. The smallest absolute Gasteiger partial charge is 0.0876 e. The van der Waals surface area contributed by atoms with E-state index in [0.29, 0.717) is 6.04 Å². The van der Waals surface area contributed by atoms with Gasteiger partial charge in [0.2, 0.25) is 0 Å². The van der Waals surface area contributed by atoms with Gasteiger partial charge in [-0.05, 0) is 19.4 Å². The quantitative estimate of drug-likeness (QED) is 0.470. The number of ether oxygens (including phenoxy) is 1. The van der Waals surface area contributed by atoms with E-state index in [1.165, 1.54) is 5.57 Å². The maximum Gasteiger partial charge on any atom is 0.0876 e.